The number of aryl methyl sites for hydroxylation is 1. The molecule has 25 heavy (non-hydrogen) atoms. The second-order valence-electron chi connectivity index (χ2n) is 7.51. The zero-order chi connectivity index (χ0) is 17.4. The van der Waals surface area contributed by atoms with E-state index in [4.69, 9.17) is 4.42 Å². The molecule has 3 heterocycles. The van der Waals surface area contributed by atoms with Crippen molar-refractivity contribution in [3.63, 3.8) is 0 Å². The number of hydrogen-bond donors (Lipinski definition) is 0. The predicted molar refractivity (Wildman–Crippen MR) is 98.9 cm³/mol. The van der Waals surface area contributed by atoms with Gasteiger partial charge in [-0.25, -0.2) is 0 Å². The van der Waals surface area contributed by atoms with E-state index in [2.05, 4.69) is 35.9 Å². The summed E-state index contributed by atoms with van der Waals surface area (Å²) in [6, 6.07) is 6.13. The zero-order valence-corrected chi connectivity index (χ0v) is 15.2. The first-order valence-corrected chi connectivity index (χ1v) is 9.34. The van der Waals surface area contributed by atoms with Gasteiger partial charge in [-0.2, -0.15) is 0 Å². The van der Waals surface area contributed by atoms with Crippen molar-refractivity contribution in [3.05, 3.63) is 35.6 Å². The van der Waals surface area contributed by atoms with Crippen LogP contribution >= 0.6 is 0 Å². The van der Waals surface area contributed by atoms with E-state index in [0.717, 1.165) is 63.2 Å². The molecule has 0 atom stereocenters. The Hall–Kier alpha value is -1.85. The molecule has 0 aliphatic carbocycles. The molecule has 1 amide bonds. The molecule has 4 rings (SSSR count). The fourth-order valence-electron chi connectivity index (χ4n) is 3.88. The SMILES string of the molecule is CCc1ccc2occ(C(=O)N3CC(CN4CCN(C)CC4)C3)c2c1. The lowest BCUT2D eigenvalue weighted by atomic mass is 9.97. The molecule has 5 heteroatoms. The Morgan fingerprint density at radius 3 is 2.68 bits per heavy atom. The number of piperazine rings is 1. The van der Waals surface area contributed by atoms with Gasteiger partial charge in [0, 0.05) is 57.1 Å². The molecule has 1 aromatic carbocycles. The van der Waals surface area contributed by atoms with Crippen LogP contribution in [0.4, 0.5) is 0 Å². The average Bonchev–Trinajstić information content (AvgIpc) is 3.01. The highest BCUT2D eigenvalue weighted by Crippen LogP contribution is 2.27. The van der Waals surface area contributed by atoms with Crippen LogP contribution in [0.3, 0.4) is 0 Å². The molecule has 2 aliphatic heterocycles. The van der Waals surface area contributed by atoms with Crippen LogP contribution in [-0.2, 0) is 6.42 Å². The van der Waals surface area contributed by atoms with Crippen LogP contribution in [0.5, 0.6) is 0 Å². The Bertz CT molecular complexity index is 755. The van der Waals surface area contributed by atoms with Gasteiger partial charge in [-0.05, 0) is 31.2 Å². The second-order valence-corrected chi connectivity index (χ2v) is 7.51. The van der Waals surface area contributed by atoms with Gasteiger partial charge in [-0.3, -0.25) is 4.79 Å². The predicted octanol–water partition coefficient (Wildman–Crippen LogP) is 2.31. The van der Waals surface area contributed by atoms with E-state index in [1.54, 1.807) is 6.26 Å². The van der Waals surface area contributed by atoms with Gasteiger partial charge in [0.15, 0.2) is 0 Å². The molecule has 0 radical (unpaired) electrons. The van der Waals surface area contributed by atoms with Crippen LogP contribution in [0.15, 0.2) is 28.9 Å². The Morgan fingerprint density at radius 1 is 1.20 bits per heavy atom. The van der Waals surface area contributed by atoms with E-state index in [1.807, 2.05) is 11.0 Å². The maximum absolute atomic E-state index is 12.8. The van der Waals surface area contributed by atoms with Gasteiger partial charge in [-0.1, -0.05) is 13.0 Å². The van der Waals surface area contributed by atoms with Gasteiger partial charge in [0.25, 0.3) is 5.91 Å². The molecule has 0 bridgehead atoms. The molecular weight excluding hydrogens is 314 g/mol. The smallest absolute Gasteiger partial charge is 0.257 e. The monoisotopic (exact) mass is 341 g/mol. The third-order valence-corrected chi connectivity index (χ3v) is 5.63. The van der Waals surface area contributed by atoms with E-state index in [9.17, 15) is 4.79 Å². The largest absolute Gasteiger partial charge is 0.463 e. The molecule has 2 aromatic rings. The number of furan rings is 1. The number of carbonyl (C=O) groups excluding carboxylic acids is 1. The molecule has 1 aromatic heterocycles. The molecule has 0 spiro atoms. The van der Waals surface area contributed by atoms with Gasteiger partial charge < -0.3 is 19.1 Å². The highest BCUT2D eigenvalue weighted by Gasteiger charge is 2.34. The first kappa shape index (κ1) is 16.6. The van der Waals surface area contributed by atoms with Gasteiger partial charge >= 0.3 is 0 Å². The van der Waals surface area contributed by atoms with Crippen molar-refractivity contribution < 1.29 is 9.21 Å². The summed E-state index contributed by atoms with van der Waals surface area (Å²) in [6.07, 6.45) is 2.59. The molecule has 5 nitrogen and oxygen atoms in total. The summed E-state index contributed by atoms with van der Waals surface area (Å²) in [4.78, 5) is 19.7. The standard InChI is InChI=1S/C20H27N3O2/c1-3-15-4-5-19-17(10-15)18(14-25-19)20(24)23-12-16(13-23)11-22-8-6-21(2)7-9-22/h4-5,10,14,16H,3,6-9,11-13H2,1-2H3. The number of nitrogens with zero attached hydrogens (tertiary/aromatic N) is 3. The Balaban J connectivity index is 1.37. The summed E-state index contributed by atoms with van der Waals surface area (Å²) in [6.45, 7) is 9.56. The van der Waals surface area contributed by atoms with Gasteiger partial charge in [0.2, 0.25) is 0 Å². The Kier molecular flexibility index (Phi) is 4.52. The molecule has 2 saturated heterocycles. The minimum absolute atomic E-state index is 0.113. The number of amides is 1. The zero-order valence-electron chi connectivity index (χ0n) is 15.2. The summed E-state index contributed by atoms with van der Waals surface area (Å²) < 4.78 is 5.59. The lowest BCUT2D eigenvalue weighted by Crippen LogP contribution is -2.55. The topological polar surface area (TPSA) is 39.9 Å². The fourth-order valence-corrected chi connectivity index (χ4v) is 3.88. The number of rotatable bonds is 4. The number of benzene rings is 1. The normalized spacial score (nSPS) is 20.2. The van der Waals surface area contributed by atoms with Crippen molar-refractivity contribution in [1.82, 2.24) is 14.7 Å². The maximum Gasteiger partial charge on any atom is 0.257 e. The van der Waals surface area contributed by atoms with Crippen LogP contribution in [0.1, 0.15) is 22.8 Å². The second kappa shape index (κ2) is 6.81. The fraction of sp³-hybridized carbons (Fsp3) is 0.550. The molecule has 0 unspecified atom stereocenters. The summed E-state index contributed by atoms with van der Waals surface area (Å²) in [5, 5.41) is 0.951. The minimum atomic E-state index is 0.113. The summed E-state index contributed by atoms with van der Waals surface area (Å²) >= 11 is 0. The number of likely N-dealkylation sites (tertiary alicyclic amines) is 1. The van der Waals surface area contributed by atoms with Crippen LogP contribution in [0, 0.1) is 5.92 Å². The molecular formula is C20H27N3O2. The average molecular weight is 341 g/mol. The van der Waals surface area contributed by atoms with Crippen molar-refractivity contribution in [2.45, 2.75) is 13.3 Å². The quantitative estimate of drug-likeness (QED) is 0.856. The molecule has 2 fully saturated rings. The van der Waals surface area contributed by atoms with E-state index in [0.29, 0.717) is 11.5 Å². The first-order valence-electron chi connectivity index (χ1n) is 9.34. The Labute approximate surface area is 149 Å². The number of carbonyl (C=O) groups is 1. The van der Waals surface area contributed by atoms with E-state index < -0.39 is 0 Å². The van der Waals surface area contributed by atoms with E-state index in [-0.39, 0.29) is 5.91 Å². The third kappa shape index (κ3) is 3.31. The number of fused-ring (bicyclic) bond motifs is 1. The highest BCUT2D eigenvalue weighted by atomic mass is 16.3. The minimum Gasteiger partial charge on any atom is -0.463 e. The van der Waals surface area contributed by atoms with Gasteiger partial charge in [0.1, 0.15) is 11.8 Å². The summed E-state index contributed by atoms with van der Waals surface area (Å²) in [5.41, 5.74) is 2.75. The molecule has 134 valence electrons. The van der Waals surface area contributed by atoms with Crippen molar-refractivity contribution in [1.29, 1.82) is 0 Å². The van der Waals surface area contributed by atoms with Crippen LogP contribution in [0.2, 0.25) is 0 Å². The van der Waals surface area contributed by atoms with E-state index >= 15 is 0 Å². The molecule has 0 N–H and O–H groups in total. The van der Waals surface area contributed by atoms with E-state index in [1.165, 1.54) is 5.56 Å². The van der Waals surface area contributed by atoms with Gasteiger partial charge in [-0.15, -0.1) is 0 Å². The van der Waals surface area contributed by atoms with Crippen LogP contribution < -0.4 is 0 Å². The summed E-state index contributed by atoms with van der Waals surface area (Å²) in [5.74, 6) is 0.721. The van der Waals surface area contributed by atoms with Crippen molar-refractivity contribution in [2.75, 3.05) is 52.9 Å². The molecule has 0 saturated carbocycles. The lowest BCUT2D eigenvalue weighted by molar-refractivity contribution is 0.0360. The highest BCUT2D eigenvalue weighted by molar-refractivity contribution is 6.06. The van der Waals surface area contributed by atoms with Gasteiger partial charge in [0.05, 0.1) is 5.56 Å². The van der Waals surface area contributed by atoms with Crippen molar-refractivity contribution in [2.24, 2.45) is 5.92 Å². The molecule has 2 aliphatic rings. The Morgan fingerprint density at radius 2 is 1.96 bits per heavy atom. The number of hydrogen-bond acceptors (Lipinski definition) is 4. The summed E-state index contributed by atoms with van der Waals surface area (Å²) in [7, 11) is 2.18. The first-order chi connectivity index (χ1) is 12.1. The maximum atomic E-state index is 12.8. The van der Waals surface area contributed by atoms with Crippen molar-refractivity contribution in [3.8, 4) is 0 Å². The van der Waals surface area contributed by atoms with Crippen LogP contribution in [-0.4, -0.2) is 73.5 Å². The van der Waals surface area contributed by atoms with Crippen molar-refractivity contribution >= 4 is 16.9 Å². The third-order valence-electron chi connectivity index (χ3n) is 5.63. The number of likely N-dealkylation sites (N-methyl/N-ethyl adjacent to an activating group) is 1. The lowest BCUT2D eigenvalue weighted by Gasteiger charge is -2.43. The van der Waals surface area contributed by atoms with Crippen LogP contribution in [0.25, 0.3) is 11.0 Å².